The lowest BCUT2D eigenvalue weighted by Crippen LogP contribution is -2.33. The predicted octanol–water partition coefficient (Wildman–Crippen LogP) is 0.718. The van der Waals surface area contributed by atoms with E-state index in [1.807, 2.05) is 30.3 Å². The summed E-state index contributed by atoms with van der Waals surface area (Å²) in [7, 11) is 0. The Hall–Kier alpha value is -0.900. The second-order valence-electron chi connectivity index (χ2n) is 4.63. The van der Waals surface area contributed by atoms with Crippen molar-refractivity contribution in [2.45, 2.75) is 18.4 Å². The van der Waals surface area contributed by atoms with Crippen molar-refractivity contribution in [3.8, 4) is 0 Å². The molecule has 1 aromatic carbocycles. The monoisotopic (exact) mass is 221 g/mol. The first-order valence-electron chi connectivity index (χ1n) is 5.80. The molecule has 1 aromatic rings. The largest absolute Gasteiger partial charge is 0.396 e. The van der Waals surface area contributed by atoms with Crippen LogP contribution in [0.5, 0.6) is 0 Å². The van der Waals surface area contributed by atoms with Crippen molar-refractivity contribution in [2.24, 2.45) is 17.6 Å². The van der Waals surface area contributed by atoms with Gasteiger partial charge in [-0.05, 0) is 23.8 Å². The molecule has 0 bridgehead atoms. The van der Waals surface area contributed by atoms with E-state index in [-0.39, 0.29) is 37.0 Å². The Morgan fingerprint density at radius 1 is 1.06 bits per heavy atom. The molecule has 4 N–H and O–H groups in total. The van der Waals surface area contributed by atoms with Crippen LogP contribution in [0.3, 0.4) is 0 Å². The summed E-state index contributed by atoms with van der Waals surface area (Å²) in [6.45, 7) is 0.255. The van der Waals surface area contributed by atoms with Gasteiger partial charge in [0.05, 0.1) is 0 Å². The van der Waals surface area contributed by atoms with Gasteiger partial charge in [-0.3, -0.25) is 0 Å². The summed E-state index contributed by atoms with van der Waals surface area (Å²) in [6, 6.07) is 10.00. The molecule has 88 valence electrons. The zero-order valence-electron chi connectivity index (χ0n) is 9.29. The van der Waals surface area contributed by atoms with Gasteiger partial charge in [-0.25, -0.2) is 0 Å². The Morgan fingerprint density at radius 2 is 1.69 bits per heavy atom. The Morgan fingerprint density at radius 3 is 2.25 bits per heavy atom. The molecule has 0 aromatic heterocycles. The first-order chi connectivity index (χ1) is 7.77. The van der Waals surface area contributed by atoms with E-state index in [0.717, 1.165) is 6.42 Å². The van der Waals surface area contributed by atoms with E-state index in [4.69, 9.17) is 5.73 Å². The molecule has 16 heavy (non-hydrogen) atoms. The fraction of sp³-hybridized carbons (Fsp3) is 0.538. The van der Waals surface area contributed by atoms with Gasteiger partial charge in [0.25, 0.3) is 0 Å². The number of hydrogen-bond acceptors (Lipinski definition) is 3. The minimum Gasteiger partial charge on any atom is -0.396 e. The summed E-state index contributed by atoms with van der Waals surface area (Å²) in [4.78, 5) is 0. The van der Waals surface area contributed by atoms with Crippen molar-refractivity contribution in [2.75, 3.05) is 13.2 Å². The lowest BCUT2D eigenvalue weighted by molar-refractivity contribution is 0.198. The van der Waals surface area contributed by atoms with Gasteiger partial charge < -0.3 is 15.9 Å². The number of aliphatic hydroxyl groups is 2. The van der Waals surface area contributed by atoms with E-state index in [2.05, 4.69) is 0 Å². The van der Waals surface area contributed by atoms with Crippen LogP contribution in [0.1, 0.15) is 17.9 Å². The maximum atomic E-state index is 9.39. The Labute approximate surface area is 95.9 Å². The molecule has 4 atom stereocenters. The van der Waals surface area contributed by atoms with Gasteiger partial charge in [0.2, 0.25) is 0 Å². The van der Waals surface area contributed by atoms with Gasteiger partial charge in [0, 0.05) is 25.2 Å². The van der Waals surface area contributed by atoms with Gasteiger partial charge in [0.15, 0.2) is 0 Å². The Bertz CT molecular complexity index is 326. The van der Waals surface area contributed by atoms with Gasteiger partial charge >= 0.3 is 0 Å². The molecule has 1 aliphatic carbocycles. The highest BCUT2D eigenvalue weighted by Crippen LogP contribution is 2.41. The minimum absolute atomic E-state index is 0.0513. The summed E-state index contributed by atoms with van der Waals surface area (Å²) >= 11 is 0. The van der Waals surface area contributed by atoms with Crippen LogP contribution in [0.4, 0.5) is 0 Å². The van der Waals surface area contributed by atoms with Crippen LogP contribution in [-0.4, -0.2) is 29.5 Å². The number of nitrogens with two attached hydrogens (primary N) is 1. The maximum Gasteiger partial charge on any atom is 0.0474 e. The summed E-state index contributed by atoms with van der Waals surface area (Å²) in [5.41, 5.74) is 7.33. The average molecular weight is 221 g/mol. The Balaban J connectivity index is 2.25. The number of benzene rings is 1. The van der Waals surface area contributed by atoms with Crippen LogP contribution in [0, 0.1) is 11.8 Å². The second kappa shape index (κ2) is 4.95. The maximum absolute atomic E-state index is 9.39. The third-order valence-corrected chi connectivity index (χ3v) is 3.73. The first kappa shape index (κ1) is 11.6. The van der Waals surface area contributed by atoms with Crippen molar-refractivity contribution in [3.05, 3.63) is 35.9 Å². The Kier molecular flexibility index (Phi) is 3.59. The summed E-state index contributed by atoms with van der Waals surface area (Å²) in [5.74, 6) is 0.459. The van der Waals surface area contributed by atoms with Crippen molar-refractivity contribution in [1.29, 1.82) is 0 Å². The fourth-order valence-electron chi connectivity index (χ4n) is 2.85. The smallest absolute Gasteiger partial charge is 0.0474 e. The van der Waals surface area contributed by atoms with E-state index < -0.39 is 0 Å². The first-order valence-corrected chi connectivity index (χ1v) is 5.80. The quantitative estimate of drug-likeness (QED) is 0.704. The van der Waals surface area contributed by atoms with Crippen LogP contribution in [0.25, 0.3) is 0 Å². The molecule has 0 unspecified atom stereocenters. The molecule has 0 spiro atoms. The normalized spacial score (nSPS) is 34.2. The molecule has 0 heterocycles. The molecule has 0 aliphatic heterocycles. The van der Waals surface area contributed by atoms with Gasteiger partial charge in [0.1, 0.15) is 0 Å². The number of hydrogen-bond donors (Lipinski definition) is 3. The third-order valence-electron chi connectivity index (χ3n) is 3.73. The van der Waals surface area contributed by atoms with Gasteiger partial charge in [-0.1, -0.05) is 30.3 Å². The number of rotatable bonds is 3. The van der Waals surface area contributed by atoms with E-state index in [9.17, 15) is 10.2 Å². The molecule has 2 rings (SSSR count). The van der Waals surface area contributed by atoms with Crippen molar-refractivity contribution >= 4 is 0 Å². The molecule has 0 saturated heterocycles. The summed E-state index contributed by atoms with van der Waals surface area (Å²) in [6.07, 6.45) is 0.813. The van der Waals surface area contributed by atoms with Crippen molar-refractivity contribution in [1.82, 2.24) is 0 Å². The van der Waals surface area contributed by atoms with Crippen LogP contribution < -0.4 is 5.73 Å². The topological polar surface area (TPSA) is 66.5 Å². The van der Waals surface area contributed by atoms with Crippen LogP contribution in [-0.2, 0) is 0 Å². The van der Waals surface area contributed by atoms with E-state index >= 15 is 0 Å². The highest BCUT2D eigenvalue weighted by molar-refractivity contribution is 5.24. The molecule has 1 saturated carbocycles. The van der Waals surface area contributed by atoms with Crippen molar-refractivity contribution < 1.29 is 10.2 Å². The van der Waals surface area contributed by atoms with Crippen LogP contribution in [0.2, 0.25) is 0 Å². The summed E-state index contributed by atoms with van der Waals surface area (Å²) < 4.78 is 0. The molecule has 1 aliphatic rings. The number of aliphatic hydroxyl groups excluding tert-OH is 2. The second-order valence-corrected chi connectivity index (χ2v) is 4.63. The standard InChI is InChI=1S/C13H19NO2/c14-13-11(8-16)6-10(7-15)12(13)9-4-2-1-3-5-9/h1-5,10-13,15-16H,6-8,14H2/t10-,11+,12-,13-/m1/s1. The molecule has 0 amide bonds. The van der Waals surface area contributed by atoms with E-state index in [0.29, 0.717) is 0 Å². The molecule has 3 nitrogen and oxygen atoms in total. The van der Waals surface area contributed by atoms with E-state index in [1.54, 1.807) is 0 Å². The van der Waals surface area contributed by atoms with E-state index in [1.165, 1.54) is 5.56 Å². The highest BCUT2D eigenvalue weighted by atomic mass is 16.3. The average Bonchev–Trinajstić information content (AvgIpc) is 2.66. The SMILES string of the molecule is N[C@@H]1[C@H](CO)C[C@H](CO)[C@H]1c1ccccc1. The van der Waals surface area contributed by atoms with Gasteiger partial charge in [-0.15, -0.1) is 0 Å². The van der Waals surface area contributed by atoms with Crippen molar-refractivity contribution in [3.63, 3.8) is 0 Å². The van der Waals surface area contributed by atoms with Crippen LogP contribution >= 0.6 is 0 Å². The highest BCUT2D eigenvalue weighted by Gasteiger charge is 2.40. The van der Waals surface area contributed by atoms with Gasteiger partial charge in [-0.2, -0.15) is 0 Å². The van der Waals surface area contributed by atoms with Crippen LogP contribution in [0.15, 0.2) is 30.3 Å². The predicted molar refractivity (Wildman–Crippen MR) is 62.9 cm³/mol. The molecule has 0 radical (unpaired) electrons. The molecular formula is C13H19NO2. The lowest BCUT2D eigenvalue weighted by Gasteiger charge is -2.22. The minimum atomic E-state index is -0.0513. The zero-order chi connectivity index (χ0) is 11.5. The fourth-order valence-corrected chi connectivity index (χ4v) is 2.85. The molecular weight excluding hydrogens is 202 g/mol. The zero-order valence-corrected chi connectivity index (χ0v) is 9.29. The third kappa shape index (κ3) is 1.98. The molecule has 3 heteroatoms. The summed E-state index contributed by atoms with van der Waals surface area (Å²) in [5, 5.41) is 18.6. The molecule has 1 fully saturated rings. The lowest BCUT2D eigenvalue weighted by atomic mass is 9.87.